The van der Waals surface area contributed by atoms with Gasteiger partial charge >= 0.3 is 0 Å². The van der Waals surface area contributed by atoms with Crippen LogP contribution in [0.4, 0.5) is 5.82 Å². The van der Waals surface area contributed by atoms with Crippen LogP contribution in [0.5, 0.6) is 0 Å². The molecule has 1 radical (unpaired) electrons. The molecule has 2 aliphatic rings. The van der Waals surface area contributed by atoms with Gasteiger partial charge in [-0.05, 0) is 50.3 Å². The number of hydrogen-bond acceptors (Lipinski definition) is 6. The molecular formula is C25H24LrN8. The predicted octanol–water partition coefficient (Wildman–Crippen LogP) is 3.17. The molecule has 1 saturated heterocycles. The molecule has 8 nitrogen and oxygen atoms in total. The molecule has 179 valence electrons. The van der Waals surface area contributed by atoms with Gasteiger partial charge in [0.05, 0.1) is 29.2 Å². The van der Waals surface area contributed by atoms with Crippen LogP contribution in [0.2, 0.25) is 0 Å². The molecule has 5 heterocycles. The molecule has 0 amide bonds. The van der Waals surface area contributed by atoms with Crippen molar-refractivity contribution >= 4 is 5.82 Å². The molecule has 0 bridgehead atoms. The number of aromatic nitrogens is 5. The maximum atomic E-state index is 9.10. The Kier molecular flexibility index (Phi) is 4.84. The Morgan fingerprint density at radius 2 is 1.94 bits per heavy atom. The predicted molar refractivity (Wildman–Crippen MR) is 126 cm³/mol. The number of pyridine rings is 1. The van der Waals surface area contributed by atoms with Gasteiger partial charge in [0.25, 0.3) is 0 Å². The summed E-state index contributed by atoms with van der Waals surface area (Å²) in [4.78, 5) is 9.48. The summed E-state index contributed by atoms with van der Waals surface area (Å²) in [5.74, 6) is 1.83. The summed E-state index contributed by atoms with van der Waals surface area (Å²) in [6.45, 7) is 2.74. The van der Waals surface area contributed by atoms with E-state index >= 15 is 0 Å². The van der Waals surface area contributed by atoms with Gasteiger partial charge in [0.15, 0.2) is 5.82 Å². The molecule has 0 aliphatic carbocycles. The summed E-state index contributed by atoms with van der Waals surface area (Å²) in [6.07, 6.45) is 7.02. The summed E-state index contributed by atoms with van der Waals surface area (Å²) >= 11 is 0. The molecule has 4 aromatic rings. The minimum atomic E-state index is 0. The van der Waals surface area contributed by atoms with Crippen LogP contribution in [0.15, 0.2) is 55.1 Å². The maximum Gasteiger partial charge on any atom is 0.185 e. The molecule has 1 fully saturated rings. The summed E-state index contributed by atoms with van der Waals surface area (Å²) in [5.41, 5.74) is 6.05. The van der Waals surface area contributed by atoms with E-state index < -0.39 is 0 Å². The third-order valence-corrected chi connectivity index (χ3v) is 6.79. The number of likely N-dealkylation sites (N-methyl/N-ethyl adjacent to an activating group) is 1. The number of nitriles is 1. The zero-order chi connectivity index (χ0) is 22.5. The van der Waals surface area contributed by atoms with E-state index in [1.165, 1.54) is 5.56 Å². The zero-order valence-corrected chi connectivity index (χ0v) is 21.1. The number of fused-ring (bicyclic) bond motifs is 5. The number of hydrogen-bond donors (Lipinski definition) is 0. The summed E-state index contributed by atoms with van der Waals surface area (Å²) in [5, 5.41) is 17.7. The SMILES string of the molecule is CN(C)[C@@H]1CCN(c2cc3c(cn2)-n2cnnc2-c2cc(-c4ccc(C#N)cc4)cn2C3)C1.[Lr]. The van der Waals surface area contributed by atoms with E-state index in [0.29, 0.717) is 11.6 Å². The number of rotatable bonds is 3. The van der Waals surface area contributed by atoms with Gasteiger partial charge in [-0.25, -0.2) is 4.98 Å². The van der Waals surface area contributed by atoms with E-state index in [0.717, 1.165) is 60.2 Å². The third-order valence-electron chi connectivity index (χ3n) is 6.79. The first-order valence-electron chi connectivity index (χ1n) is 11.1. The molecule has 1 aromatic carbocycles. The second-order valence-electron chi connectivity index (χ2n) is 8.98. The topological polar surface area (TPSA) is 78.8 Å². The van der Waals surface area contributed by atoms with Crippen LogP contribution in [0.1, 0.15) is 17.5 Å². The quantitative estimate of drug-likeness (QED) is 0.289. The Hall–Kier alpha value is -4.96. The fourth-order valence-corrected chi connectivity index (χ4v) is 4.86. The van der Waals surface area contributed by atoms with Crippen molar-refractivity contribution in [3.63, 3.8) is 0 Å². The summed E-state index contributed by atoms with van der Waals surface area (Å²) < 4.78 is 4.26. The normalized spacial score (nSPS) is 16.3. The first kappa shape index (κ1) is 20.9. The molecule has 0 saturated carbocycles. The first-order chi connectivity index (χ1) is 16.1. The second kappa shape index (κ2) is 7.87. The standard InChI is InChI=1S/C25H24N8.Lr/c1-30(2)21-7-8-31(15-21)24-10-20-14-32-13-19(18-5-3-17(11-26)4-6-18)9-22(32)25-29-28-16-33(25)23(20)12-27-24;/h3-6,9-10,12-13,16,21H,7-8,14-15H2,1-2H3;/t21-;/m1./s1. The van der Waals surface area contributed by atoms with E-state index in [2.05, 4.69) is 63.1 Å². The van der Waals surface area contributed by atoms with Crippen LogP contribution in [0, 0.1) is 11.3 Å². The van der Waals surface area contributed by atoms with Gasteiger partial charge in [-0.1, -0.05) is 12.1 Å². The maximum absolute atomic E-state index is 9.10. The van der Waals surface area contributed by atoms with Crippen LogP contribution in [0.3, 0.4) is 0 Å². The van der Waals surface area contributed by atoms with Crippen LogP contribution < -0.4 is 4.90 Å². The van der Waals surface area contributed by atoms with Crippen molar-refractivity contribution in [2.45, 2.75) is 19.0 Å². The van der Waals surface area contributed by atoms with Gasteiger partial charge in [-0.3, -0.25) is 4.57 Å². The van der Waals surface area contributed by atoms with Crippen molar-refractivity contribution in [2.75, 3.05) is 32.1 Å². The average molecular weight is 699 g/mol. The van der Waals surface area contributed by atoms with Gasteiger partial charge in [0, 0.05) is 43.0 Å². The van der Waals surface area contributed by atoms with Crippen molar-refractivity contribution in [1.82, 2.24) is 29.2 Å². The fourth-order valence-electron chi connectivity index (χ4n) is 4.86. The smallest absolute Gasteiger partial charge is 0.185 e. The minimum absolute atomic E-state index is 0. The van der Waals surface area contributed by atoms with E-state index in [4.69, 9.17) is 10.2 Å². The molecule has 3 aromatic heterocycles. The van der Waals surface area contributed by atoms with E-state index in [1.807, 2.05) is 35.0 Å². The molecule has 0 unspecified atom stereocenters. The Morgan fingerprint density at radius 3 is 2.68 bits per heavy atom. The second-order valence-corrected chi connectivity index (χ2v) is 8.98. The van der Waals surface area contributed by atoms with Crippen molar-refractivity contribution in [3.05, 3.63) is 66.2 Å². The number of nitrogens with zero attached hydrogens (tertiary/aromatic N) is 8. The number of benzene rings is 1. The first-order valence-corrected chi connectivity index (χ1v) is 11.1. The van der Waals surface area contributed by atoms with E-state index in [1.54, 1.807) is 6.33 Å². The third kappa shape index (κ3) is 3.26. The Balaban J connectivity index is 0.00000241. The van der Waals surface area contributed by atoms with Crippen LogP contribution in [-0.4, -0.2) is 62.4 Å². The van der Waals surface area contributed by atoms with Crippen molar-refractivity contribution < 1.29 is 0 Å². The Bertz CT molecular complexity index is 1380. The fraction of sp³-hybridized carbons (Fsp3) is 0.280. The van der Waals surface area contributed by atoms with Crippen LogP contribution in [-0.2, 0) is 6.54 Å². The van der Waals surface area contributed by atoms with Crippen molar-refractivity contribution in [1.29, 1.82) is 5.26 Å². The van der Waals surface area contributed by atoms with Gasteiger partial charge in [-0.15, -0.1) is 10.2 Å². The molecule has 9 heteroatoms. The minimum Gasteiger partial charge on any atom is -0.355 e. The Morgan fingerprint density at radius 1 is 1.12 bits per heavy atom. The molecule has 0 spiro atoms. The van der Waals surface area contributed by atoms with E-state index in [9.17, 15) is 0 Å². The Labute approximate surface area is 192 Å². The van der Waals surface area contributed by atoms with Gasteiger partial charge < -0.3 is 14.4 Å². The molecule has 34 heavy (non-hydrogen) atoms. The summed E-state index contributed by atoms with van der Waals surface area (Å²) in [6, 6.07) is 14.8. The van der Waals surface area contributed by atoms with Crippen molar-refractivity contribution in [2.24, 2.45) is 0 Å². The largest absolute Gasteiger partial charge is 0.355 e. The molecular weight excluding hydrogens is 674 g/mol. The average Bonchev–Trinajstić information content (AvgIpc) is 3.58. The zero-order valence-electron chi connectivity index (χ0n) is 18.9. The molecule has 1 atom stereocenters. The van der Waals surface area contributed by atoms with Crippen LogP contribution in [0.25, 0.3) is 28.3 Å². The van der Waals surface area contributed by atoms with Gasteiger partial charge in [0.2, 0.25) is 0 Å². The molecule has 6 rings (SSSR count). The number of anilines is 1. The van der Waals surface area contributed by atoms with Crippen molar-refractivity contribution in [3.8, 4) is 34.4 Å². The summed E-state index contributed by atoms with van der Waals surface area (Å²) in [7, 11) is 4.29. The molecule has 0 N–H and O–H groups in total. The van der Waals surface area contributed by atoms with Crippen LogP contribution >= 0.6 is 0 Å². The van der Waals surface area contributed by atoms with Gasteiger partial charge in [0.1, 0.15) is 12.1 Å². The molecule has 2 aliphatic heterocycles. The monoisotopic (exact) mass is 698 g/mol. The van der Waals surface area contributed by atoms with Gasteiger partial charge in [-0.2, -0.15) is 5.26 Å². The van der Waals surface area contributed by atoms with E-state index in [-0.39, 0.29) is 0 Å².